The third kappa shape index (κ3) is 4.45. The highest BCUT2D eigenvalue weighted by molar-refractivity contribution is 6.07. The topological polar surface area (TPSA) is 55.1 Å². The molecule has 2 rings (SSSR count). The first-order chi connectivity index (χ1) is 9.76. The molecule has 1 atom stereocenters. The number of nitrogens with one attached hydrogen (secondary N) is 1. The van der Waals surface area contributed by atoms with E-state index in [0.717, 1.165) is 35.6 Å². The molecule has 114 valence electrons. The van der Waals surface area contributed by atoms with Gasteiger partial charge < -0.3 is 11.1 Å². The number of amides is 1. The van der Waals surface area contributed by atoms with Crippen LogP contribution in [0, 0.1) is 0 Å². The largest absolute Gasteiger partial charge is 0.348 e. The molecule has 0 heterocycles. The lowest BCUT2D eigenvalue weighted by molar-refractivity contribution is 0.0937. The second-order valence-electron chi connectivity index (χ2n) is 5.08. The van der Waals surface area contributed by atoms with Crippen LogP contribution in [0.5, 0.6) is 0 Å². The van der Waals surface area contributed by atoms with E-state index in [-0.39, 0.29) is 24.4 Å². The molecule has 21 heavy (non-hydrogen) atoms. The van der Waals surface area contributed by atoms with E-state index in [1.807, 2.05) is 42.5 Å². The van der Waals surface area contributed by atoms with E-state index in [1.165, 1.54) is 0 Å². The first-order valence-electron chi connectivity index (χ1n) is 7.25. The molecule has 0 aliphatic carbocycles. The molecule has 3 nitrogen and oxygen atoms in total. The zero-order chi connectivity index (χ0) is 14.4. The number of benzene rings is 2. The van der Waals surface area contributed by atoms with Gasteiger partial charge in [0.05, 0.1) is 0 Å². The smallest absolute Gasteiger partial charge is 0.252 e. The summed E-state index contributed by atoms with van der Waals surface area (Å²) in [5.74, 6) is -0.0339. The molecule has 0 radical (unpaired) electrons. The van der Waals surface area contributed by atoms with Gasteiger partial charge in [-0.15, -0.1) is 12.4 Å². The monoisotopic (exact) mass is 306 g/mol. The zero-order valence-corrected chi connectivity index (χ0v) is 13.2. The fraction of sp³-hybridized carbons (Fsp3) is 0.353. The van der Waals surface area contributed by atoms with E-state index < -0.39 is 0 Å². The quantitative estimate of drug-likeness (QED) is 0.858. The van der Waals surface area contributed by atoms with Crippen molar-refractivity contribution in [2.24, 2.45) is 5.73 Å². The van der Waals surface area contributed by atoms with Crippen LogP contribution in [0.4, 0.5) is 0 Å². The zero-order valence-electron chi connectivity index (χ0n) is 12.3. The Balaban J connectivity index is 0.00000220. The lowest BCUT2D eigenvalue weighted by Gasteiger charge is -2.17. The van der Waals surface area contributed by atoms with Crippen molar-refractivity contribution in [2.75, 3.05) is 6.54 Å². The third-order valence-electron chi connectivity index (χ3n) is 3.56. The summed E-state index contributed by atoms with van der Waals surface area (Å²) < 4.78 is 0. The van der Waals surface area contributed by atoms with Gasteiger partial charge in [-0.05, 0) is 23.3 Å². The van der Waals surface area contributed by atoms with E-state index in [2.05, 4.69) is 12.2 Å². The van der Waals surface area contributed by atoms with Gasteiger partial charge in [0.1, 0.15) is 0 Å². The number of hydrogen-bond acceptors (Lipinski definition) is 2. The predicted molar refractivity (Wildman–Crippen MR) is 91.0 cm³/mol. The molecule has 2 aromatic carbocycles. The lowest BCUT2D eigenvalue weighted by Crippen LogP contribution is -2.40. The molecule has 3 N–H and O–H groups in total. The number of carbonyl (C=O) groups excluding carboxylic acids is 1. The van der Waals surface area contributed by atoms with Crippen LogP contribution in [0.25, 0.3) is 10.8 Å². The highest BCUT2D eigenvalue weighted by Crippen LogP contribution is 2.18. The molecule has 0 saturated heterocycles. The summed E-state index contributed by atoms with van der Waals surface area (Å²) in [5.41, 5.74) is 6.46. The molecular formula is C17H23ClN2O. The first-order valence-corrected chi connectivity index (χ1v) is 7.25. The third-order valence-corrected chi connectivity index (χ3v) is 3.56. The number of fused-ring (bicyclic) bond motifs is 1. The van der Waals surface area contributed by atoms with Gasteiger partial charge in [0.2, 0.25) is 0 Å². The fourth-order valence-electron chi connectivity index (χ4n) is 2.39. The summed E-state index contributed by atoms with van der Waals surface area (Å²) >= 11 is 0. The molecule has 1 amide bonds. The summed E-state index contributed by atoms with van der Waals surface area (Å²) in [6, 6.07) is 13.8. The minimum absolute atomic E-state index is 0. The van der Waals surface area contributed by atoms with E-state index in [9.17, 15) is 4.79 Å². The Hall–Kier alpha value is -1.58. The van der Waals surface area contributed by atoms with E-state index in [0.29, 0.717) is 6.54 Å². The standard InChI is InChI=1S/C17H22N2O.ClH/c1-2-3-9-14(12-18)19-17(20)16-11-6-8-13-7-4-5-10-15(13)16;/h4-8,10-11,14H,2-3,9,12,18H2,1H3,(H,19,20);1H. The molecule has 0 bridgehead atoms. The van der Waals surface area contributed by atoms with Crippen molar-refractivity contribution >= 4 is 29.1 Å². The van der Waals surface area contributed by atoms with Gasteiger partial charge in [-0.3, -0.25) is 4.79 Å². The molecule has 0 saturated carbocycles. The minimum Gasteiger partial charge on any atom is -0.348 e. The number of halogens is 1. The summed E-state index contributed by atoms with van der Waals surface area (Å²) in [5, 5.41) is 5.11. The van der Waals surface area contributed by atoms with Crippen molar-refractivity contribution in [1.29, 1.82) is 0 Å². The van der Waals surface area contributed by atoms with Crippen LogP contribution in [0.2, 0.25) is 0 Å². The Morgan fingerprint density at radius 3 is 2.62 bits per heavy atom. The number of nitrogens with two attached hydrogens (primary N) is 1. The van der Waals surface area contributed by atoms with Crippen LogP contribution in [0.15, 0.2) is 42.5 Å². The molecule has 0 aliphatic rings. The summed E-state index contributed by atoms with van der Waals surface area (Å²) in [6.45, 7) is 2.62. The van der Waals surface area contributed by atoms with Crippen molar-refractivity contribution in [1.82, 2.24) is 5.32 Å². The Morgan fingerprint density at radius 1 is 1.19 bits per heavy atom. The number of carbonyl (C=O) groups is 1. The number of hydrogen-bond donors (Lipinski definition) is 2. The minimum atomic E-state index is -0.0339. The second-order valence-corrected chi connectivity index (χ2v) is 5.08. The Morgan fingerprint density at radius 2 is 1.90 bits per heavy atom. The van der Waals surface area contributed by atoms with Gasteiger partial charge in [0.15, 0.2) is 0 Å². The summed E-state index contributed by atoms with van der Waals surface area (Å²) in [6.07, 6.45) is 3.13. The van der Waals surface area contributed by atoms with Crippen molar-refractivity contribution in [2.45, 2.75) is 32.2 Å². The van der Waals surface area contributed by atoms with E-state index >= 15 is 0 Å². The van der Waals surface area contributed by atoms with Gasteiger partial charge in [0, 0.05) is 18.2 Å². The van der Waals surface area contributed by atoms with Crippen LogP contribution in [-0.2, 0) is 0 Å². The molecule has 4 heteroatoms. The number of rotatable bonds is 6. The van der Waals surface area contributed by atoms with Crippen molar-refractivity contribution in [3.05, 3.63) is 48.0 Å². The van der Waals surface area contributed by atoms with Crippen LogP contribution >= 0.6 is 12.4 Å². The van der Waals surface area contributed by atoms with Gasteiger partial charge in [-0.2, -0.15) is 0 Å². The van der Waals surface area contributed by atoms with Crippen LogP contribution in [0.3, 0.4) is 0 Å². The molecule has 0 aliphatic heterocycles. The Labute approximate surface area is 132 Å². The van der Waals surface area contributed by atoms with Crippen LogP contribution in [0.1, 0.15) is 36.5 Å². The van der Waals surface area contributed by atoms with Crippen molar-refractivity contribution in [3.8, 4) is 0 Å². The average Bonchev–Trinajstić information content (AvgIpc) is 2.50. The van der Waals surface area contributed by atoms with Crippen molar-refractivity contribution < 1.29 is 4.79 Å². The van der Waals surface area contributed by atoms with E-state index in [1.54, 1.807) is 0 Å². The maximum Gasteiger partial charge on any atom is 0.252 e. The molecular weight excluding hydrogens is 284 g/mol. The maximum atomic E-state index is 12.4. The van der Waals surface area contributed by atoms with Gasteiger partial charge in [-0.1, -0.05) is 56.2 Å². The normalized spacial score (nSPS) is 11.7. The predicted octanol–water partition coefficient (Wildman–Crippen LogP) is 3.51. The average molecular weight is 307 g/mol. The SMILES string of the molecule is CCCCC(CN)NC(=O)c1cccc2ccccc12.Cl. The van der Waals surface area contributed by atoms with Crippen molar-refractivity contribution in [3.63, 3.8) is 0 Å². The highest BCUT2D eigenvalue weighted by atomic mass is 35.5. The van der Waals surface area contributed by atoms with E-state index in [4.69, 9.17) is 5.73 Å². The molecule has 0 aromatic heterocycles. The number of unbranched alkanes of at least 4 members (excludes halogenated alkanes) is 1. The first kappa shape index (κ1) is 17.5. The molecule has 0 spiro atoms. The molecule has 0 fully saturated rings. The highest BCUT2D eigenvalue weighted by Gasteiger charge is 2.14. The molecule has 1 unspecified atom stereocenters. The Bertz CT molecular complexity index is 581. The fourth-order valence-corrected chi connectivity index (χ4v) is 2.39. The maximum absolute atomic E-state index is 12.4. The lowest BCUT2D eigenvalue weighted by atomic mass is 10.0. The summed E-state index contributed by atoms with van der Waals surface area (Å²) in [7, 11) is 0. The Kier molecular flexibility index (Phi) is 7.20. The van der Waals surface area contributed by atoms with Gasteiger partial charge in [0.25, 0.3) is 5.91 Å². The van der Waals surface area contributed by atoms with Crippen LogP contribution < -0.4 is 11.1 Å². The van der Waals surface area contributed by atoms with Gasteiger partial charge >= 0.3 is 0 Å². The molecule has 2 aromatic rings. The van der Waals surface area contributed by atoms with Crippen LogP contribution in [-0.4, -0.2) is 18.5 Å². The second kappa shape index (κ2) is 8.65. The van der Waals surface area contributed by atoms with Gasteiger partial charge in [-0.25, -0.2) is 0 Å². The summed E-state index contributed by atoms with van der Waals surface area (Å²) in [4.78, 5) is 12.4.